The monoisotopic (exact) mass is 334 g/mol. The number of phenols is 2. The molecule has 2 aromatic carbocycles. The summed E-state index contributed by atoms with van der Waals surface area (Å²) in [6, 6.07) is 11.1. The number of hydrogen-bond donors (Lipinski definition) is 3. The van der Waals surface area contributed by atoms with Gasteiger partial charge < -0.3 is 10.2 Å². The molecule has 102 valence electrons. The van der Waals surface area contributed by atoms with Gasteiger partial charge in [-0.15, -0.1) is 0 Å². The molecule has 20 heavy (non-hydrogen) atoms. The fraction of sp³-hybridized carbons (Fsp3) is 0. The molecule has 0 heterocycles. The molecule has 1 amide bonds. The van der Waals surface area contributed by atoms with Crippen molar-refractivity contribution in [1.29, 1.82) is 0 Å². The number of carbonyl (C=O) groups excluding carboxylic acids is 1. The molecule has 0 saturated carbocycles. The average molecular weight is 335 g/mol. The Hall–Kier alpha value is -2.34. The van der Waals surface area contributed by atoms with Crippen LogP contribution in [0.2, 0.25) is 0 Å². The van der Waals surface area contributed by atoms with Crippen molar-refractivity contribution in [2.75, 3.05) is 0 Å². The normalized spacial score (nSPS) is 10.7. The highest BCUT2D eigenvalue weighted by Gasteiger charge is 2.10. The van der Waals surface area contributed by atoms with Crippen molar-refractivity contribution in [3.8, 4) is 11.5 Å². The van der Waals surface area contributed by atoms with Crippen LogP contribution in [0.3, 0.4) is 0 Å². The first kappa shape index (κ1) is 14.1. The van der Waals surface area contributed by atoms with E-state index in [0.717, 1.165) is 0 Å². The molecular formula is C14H11BrN2O3. The maximum Gasteiger partial charge on any atom is 0.275 e. The van der Waals surface area contributed by atoms with Crippen LogP contribution in [-0.2, 0) is 0 Å². The summed E-state index contributed by atoms with van der Waals surface area (Å²) in [5.41, 5.74) is 2.86. The van der Waals surface area contributed by atoms with Crippen LogP contribution in [-0.4, -0.2) is 22.3 Å². The van der Waals surface area contributed by atoms with E-state index in [9.17, 15) is 15.0 Å². The van der Waals surface area contributed by atoms with E-state index in [2.05, 4.69) is 26.5 Å². The predicted octanol–water partition coefficient (Wildman–Crippen LogP) is 2.62. The molecule has 0 aliphatic heterocycles. The minimum atomic E-state index is -0.546. The van der Waals surface area contributed by atoms with Gasteiger partial charge in [0, 0.05) is 10.0 Å². The first-order chi connectivity index (χ1) is 9.58. The summed E-state index contributed by atoms with van der Waals surface area (Å²) >= 11 is 3.22. The summed E-state index contributed by atoms with van der Waals surface area (Å²) in [7, 11) is 0. The van der Waals surface area contributed by atoms with Crippen LogP contribution in [0.4, 0.5) is 0 Å². The highest BCUT2D eigenvalue weighted by atomic mass is 79.9. The predicted molar refractivity (Wildman–Crippen MR) is 79.0 cm³/mol. The molecule has 0 unspecified atom stereocenters. The lowest BCUT2D eigenvalue weighted by molar-refractivity contribution is 0.0952. The number of amides is 1. The SMILES string of the molecule is O=C(N/N=C/c1ccccc1O)c1cc(Br)ccc1O. The standard InChI is InChI=1S/C14H11BrN2O3/c15-10-5-6-13(19)11(7-10)14(20)17-16-8-9-3-1-2-4-12(9)18/h1-8,18-19H,(H,17,20)/b16-8+. The summed E-state index contributed by atoms with van der Waals surface area (Å²) in [6.45, 7) is 0. The van der Waals surface area contributed by atoms with Gasteiger partial charge in [0.05, 0.1) is 11.8 Å². The van der Waals surface area contributed by atoms with Gasteiger partial charge in [-0.25, -0.2) is 5.43 Å². The Morgan fingerprint density at radius 1 is 1.15 bits per heavy atom. The number of aromatic hydroxyl groups is 2. The zero-order valence-electron chi connectivity index (χ0n) is 10.2. The minimum Gasteiger partial charge on any atom is -0.507 e. The molecule has 0 atom stereocenters. The molecule has 3 N–H and O–H groups in total. The molecule has 0 saturated heterocycles. The Morgan fingerprint density at radius 3 is 2.65 bits per heavy atom. The molecule has 0 radical (unpaired) electrons. The second-order valence-corrected chi connectivity index (χ2v) is 4.84. The second kappa shape index (κ2) is 6.21. The van der Waals surface area contributed by atoms with E-state index in [1.54, 1.807) is 24.3 Å². The Kier molecular flexibility index (Phi) is 4.37. The number of rotatable bonds is 3. The van der Waals surface area contributed by atoms with Crippen molar-refractivity contribution in [2.45, 2.75) is 0 Å². The third-order valence-corrected chi connectivity index (χ3v) is 3.00. The Bertz CT molecular complexity index is 671. The van der Waals surface area contributed by atoms with E-state index in [4.69, 9.17) is 0 Å². The van der Waals surface area contributed by atoms with Crippen molar-refractivity contribution < 1.29 is 15.0 Å². The van der Waals surface area contributed by atoms with Crippen LogP contribution < -0.4 is 5.43 Å². The van der Waals surface area contributed by atoms with Crippen LogP contribution in [0.25, 0.3) is 0 Å². The summed E-state index contributed by atoms with van der Waals surface area (Å²) in [4.78, 5) is 11.8. The number of halogens is 1. The number of hydrogen-bond acceptors (Lipinski definition) is 4. The van der Waals surface area contributed by atoms with E-state index in [-0.39, 0.29) is 17.1 Å². The molecule has 0 bridgehead atoms. The smallest absolute Gasteiger partial charge is 0.275 e. The topological polar surface area (TPSA) is 81.9 Å². The van der Waals surface area contributed by atoms with Gasteiger partial charge >= 0.3 is 0 Å². The van der Waals surface area contributed by atoms with Gasteiger partial charge in [0.15, 0.2) is 0 Å². The second-order valence-electron chi connectivity index (χ2n) is 3.92. The maximum absolute atomic E-state index is 11.8. The van der Waals surface area contributed by atoms with E-state index >= 15 is 0 Å². The zero-order valence-corrected chi connectivity index (χ0v) is 11.8. The maximum atomic E-state index is 11.8. The highest BCUT2D eigenvalue weighted by molar-refractivity contribution is 9.10. The van der Waals surface area contributed by atoms with Crippen molar-refractivity contribution in [1.82, 2.24) is 5.43 Å². The number of nitrogens with zero attached hydrogens (tertiary/aromatic N) is 1. The van der Waals surface area contributed by atoms with Crippen LogP contribution >= 0.6 is 15.9 Å². The number of para-hydroxylation sites is 1. The van der Waals surface area contributed by atoms with Gasteiger partial charge in [0.1, 0.15) is 11.5 Å². The van der Waals surface area contributed by atoms with Crippen molar-refractivity contribution in [3.63, 3.8) is 0 Å². The molecule has 2 rings (SSSR count). The average Bonchev–Trinajstić information content (AvgIpc) is 2.43. The summed E-state index contributed by atoms with van der Waals surface area (Å²) in [5.74, 6) is -0.616. The lowest BCUT2D eigenvalue weighted by Gasteiger charge is -2.03. The third kappa shape index (κ3) is 3.36. The molecule has 0 fully saturated rings. The van der Waals surface area contributed by atoms with Gasteiger partial charge in [-0.1, -0.05) is 28.1 Å². The molecule has 0 aromatic heterocycles. The van der Waals surface area contributed by atoms with Gasteiger partial charge in [0.2, 0.25) is 0 Å². The first-order valence-corrected chi connectivity index (χ1v) is 6.47. The lowest BCUT2D eigenvalue weighted by Crippen LogP contribution is -2.17. The number of hydrazone groups is 1. The number of benzene rings is 2. The quantitative estimate of drug-likeness (QED) is 0.596. The van der Waals surface area contributed by atoms with E-state index in [0.29, 0.717) is 10.0 Å². The minimum absolute atomic E-state index is 0.0656. The lowest BCUT2D eigenvalue weighted by atomic mass is 10.2. The Morgan fingerprint density at radius 2 is 1.90 bits per heavy atom. The van der Waals surface area contributed by atoms with Gasteiger partial charge in [-0.3, -0.25) is 4.79 Å². The molecule has 6 heteroatoms. The van der Waals surface area contributed by atoms with Crippen molar-refractivity contribution >= 4 is 28.1 Å². The number of carbonyl (C=O) groups is 1. The highest BCUT2D eigenvalue weighted by Crippen LogP contribution is 2.21. The molecular weight excluding hydrogens is 324 g/mol. The summed E-state index contributed by atoms with van der Waals surface area (Å²) in [5, 5.41) is 22.9. The fourth-order valence-electron chi connectivity index (χ4n) is 1.51. The molecule has 2 aromatic rings. The molecule has 0 spiro atoms. The van der Waals surface area contributed by atoms with Crippen LogP contribution in [0.5, 0.6) is 11.5 Å². The van der Waals surface area contributed by atoms with Crippen LogP contribution in [0.1, 0.15) is 15.9 Å². The summed E-state index contributed by atoms with van der Waals surface area (Å²) in [6.07, 6.45) is 1.32. The van der Waals surface area contributed by atoms with Crippen LogP contribution in [0, 0.1) is 0 Å². The Balaban J connectivity index is 2.09. The zero-order chi connectivity index (χ0) is 14.5. The van der Waals surface area contributed by atoms with Crippen LogP contribution in [0.15, 0.2) is 52.0 Å². The van der Waals surface area contributed by atoms with Crippen molar-refractivity contribution in [2.24, 2.45) is 5.10 Å². The summed E-state index contributed by atoms with van der Waals surface area (Å²) < 4.78 is 0.671. The fourth-order valence-corrected chi connectivity index (χ4v) is 1.87. The largest absolute Gasteiger partial charge is 0.507 e. The van der Waals surface area contributed by atoms with Gasteiger partial charge in [-0.2, -0.15) is 5.10 Å². The first-order valence-electron chi connectivity index (χ1n) is 5.68. The Labute approximate surface area is 123 Å². The molecule has 5 nitrogen and oxygen atoms in total. The third-order valence-electron chi connectivity index (χ3n) is 2.51. The van der Waals surface area contributed by atoms with Crippen molar-refractivity contribution in [3.05, 3.63) is 58.1 Å². The van der Waals surface area contributed by atoms with Gasteiger partial charge in [0.25, 0.3) is 5.91 Å². The molecule has 0 aliphatic rings. The molecule has 0 aliphatic carbocycles. The van der Waals surface area contributed by atoms with Gasteiger partial charge in [-0.05, 0) is 30.3 Å². The van der Waals surface area contributed by atoms with E-state index in [1.807, 2.05) is 0 Å². The number of nitrogens with one attached hydrogen (secondary N) is 1. The van der Waals surface area contributed by atoms with E-state index in [1.165, 1.54) is 24.4 Å². The van der Waals surface area contributed by atoms with E-state index < -0.39 is 5.91 Å². The number of phenolic OH excluding ortho intramolecular Hbond substituents is 2.